The number of hydrogen-bond donors (Lipinski definition) is 1. The van der Waals surface area contributed by atoms with E-state index in [1.54, 1.807) is 7.11 Å². The van der Waals surface area contributed by atoms with E-state index >= 15 is 0 Å². The van der Waals surface area contributed by atoms with Gasteiger partial charge in [0.15, 0.2) is 0 Å². The normalized spacial score (nSPS) is 15.9. The third-order valence-electron chi connectivity index (χ3n) is 5.53. The first-order valence-electron chi connectivity index (χ1n) is 10.0. The summed E-state index contributed by atoms with van der Waals surface area (Å²) in [7, 11) is 1.67. The molecule has 6 heteroatoms. The Labute approximate surface area is 180 Å². The molecule has 0 spiro atoms. The highest BCUT2D eigenvalue weighted by atomic mass is 35.5. The van der Waals surface area contributed by atoms with Gasteiger partial charge in [0.1, 0.15) is 10.6 Å². The Bertz CT molecular complexity index is 980. The fraction of sp³-hybridized carbons (Fsp3) is 0.348. The van der Waals surface area contributed by atoms with Crippen molar-refractivity contribution < 1.29 is 9.53 Å². The lowest BCUT2D eigenvalue weighted by Crippen LogP contribution is -2.40. The minimum atomic E-state index is -0.105. The maximum Gasteiger partial charge on any atom is 0.262 e. The van der Waals surface area contributed by atoms with Crippen molar-refractivity contribution in [3.05, 3.63) is 64.0 Å². The first kappa shape index (κ1) is 20.2. The van der Waals surface area contributed by atoms with Gasteiger partial charge in [-0.1, -0.05) is 48.4 Å². The predicted molar refractivity (Wildman–Crippen MR) is 120 cm³/mol. The van der Waals surface area contributed by atoms with E-state index in [-0.39, 0.29) is 11.9 Å². The van der Waals surface area contributed by atoms with Gasteiger partial charge in [0.25, 0.3) is 5.91 Å². The van der Waals surface area contributed by atoms with Crippen LogP contribution >= 0.6 is 22.9 Å². The molecule has 3 aromatic rings. The number of ether oxygens (including phenoxy) is 1. The predicted octanol–water partition coefficient (Wildman–Crippen LogP) is 5.52. The zero-order valence-electron chi connectivity index (χ0n) is 16.5. The Morgan fingerprint density at radius 3 is 2.55 bits per heavy atom. The fourth-order valence-corrected chi connectivity index (χ4v) is 5.38. The first-order valence-corrected chi connectivity index (χ1v) is 11.2. The molecule has 1 unspecified atom stereocenters. The number of carbonyl (C=O) groups is 1. The number of piperidine rings is 1. The summed E-state index contributed by atoms with van der Waals surface area (Å²) in [5.74, 6) is 0.735. The Balaban J connectivity index is 1.53. The molecule has 0 radical (unpaired) electrons. The zero-order valence-corrected chi connectivity index (χ0v) is 18.1. The second-order valence-electron chi connectivity index (χ2n) is 7.34. The number of amides is 1. The summed E-state index contributed by atoms with van der Waals surface area (Å²) in [5, 5.41) is 4.62. The molecule has 1 aliphatic rings. The molecule has 1 aliphatic heterocycles. The van der Waals surface area contributed by atoms with Crippen LogP contribution in [-0.4, -0.2) is 37.6 Å². The number of halogens is 1. The van der Waals surface area contributed by atoms with Crippen LogP contribution in [0.5, 0.6) is 5.75 Å². The van der Waals surface area contributed by atoms with Crippen molar-refractivity contribution >= 4 is 38.9 Å². The lowest BCUT2D eigenvalue weighted by Gasteiger charge is -2.35. The van der Waals surface area contributed by atoms with Crippen LogP contribution in [0, 0.1) is 0 Å². The third-order valence-corrected chi connectivity index (χ3v) is 7.20. The molecule has 1 amide bonds. The lowest BCUT2D eigenvalue weighted by molar-refractivity contribution is 0.0928. The van der Waals surface area contributed by atoms with Gasteiger partial charge in [-0.3, -0.25) is 9.69 Å². The van der Waals surface area contributed by atoms with Crippen molar-refractivity contribution in [1.82, 2.24) is 10.2 Å². The number of carbonyl (C=O) groups excluding carboxylic acids is 1. The highest BCUT2D eigenvalue weighted by Gasteiger charge is 2.24. The van der Waals surface area contributed by atoms with Crippen LogP contribution in [0.2, 0.25) is 5.02 Å². The fourth-order valence-electron chi connectivity index (χ4n) is 3.94. The number of thiophene rings is 1. The van der Waals surface area contributed by atoms with Crippen LogP contribution in [0.1, 0.15) is 40.5 Å². The highest BCUT2D eigenvalue weighted by Crippen LogP contribution is 2.35. The third kappa shape index (κ3) is 4.42. The van der Waals surface area contributed by atoms with E-state index in [9.17, 15) is 4.79 Å². The van der Waals surface area contributed by atoms with Gasteiger partial charge >= 0.3 is 0 Å². The molecule has 2 aromatic carbocycles. The summed E-state index contributed by atoms with van der Waals surface area (Å²) in [6, 6.07) is 16.2. The summed E-state index contributed by atoms with van der Waals surface area (Å²) >= 11 is 7.94. The quantitative estimate of drug-likeness (QED) is 0.562. The van der Waals surface area contributed by atoms with Gasteiger partial charge in [-0.2, -0.15) is 0 Å². The van der Waals surface area contributed by atoms with Gasteiger partial charge in [0, 0.05) is 16.6 Å². The number of benzene rings is 2. The largest absolute Gasteiger partial charge is 0.497 e. The van der Waals surface area contributed by atoms with E-state index in [1.807, 2.05) is 36.4 Å². The maximum atomic E-state index is 12.9. The molecule has 0 saturated carbocycles. The Morgan fingerprint density at radius 1 is 1.14 bits per heavy atom. The summed E-state index contributed by atoms with van der Waals surface area (Å²) in [5.41, 5.74) is 1.19. The monoisotopic (exact) mass is 428 g/mol. The summed E-state index contributed by atoms with van der Waals surface area (Å²) in [6.07, 6.45) is 3.67. The average Bonchev–Trinajstić information content (AvgIpc) is 3.12. The second-order valence-corrected chi connectivity index (χ2v) is 8.77. The molecule has 0 aliphatic carbocycles. The summed E-state index contributed by atoms with van der Waals surface area (Å²) in [4.78, 5) is 16.0. The van der Waals surface area contributed by atoms with Crippen molar-refractivity contribution in [2.24, 2.45) is 0 Å². The number of fused-ring (bicyclic) bond motifs is 1. The van der Waals surface area contributed by atoms with Crippen molar-refractivity contribution in [3.8, 4) is 5.75 Å². The topological polar surface area (TPSA) is 41.6 Å². The van der Waals surface area contributed by atoms with Crippen LogP contribution in [0.4, 0.5) is 0 Å². The van der Waals surface area contributed by atoms with Crippen LogP contribution < -0.4 is 10.1 Å². The van der Waals surface area contributed by atoms with E-state index in [0.29, 0.717) is 16.4 Å². The molecule has 1 aromatic heterocycles. The average molecular weight is 429 g/mol. The minimum absolute atomic E-state index is 0.105. The Morgan fingerprint density at radius 2 is 1.86 bits per heavy atom. The van der Waals surface area contributed by atoms with Crippen LogP contribution in [-0.2, 0) is 0 Å². The van der Waals surface area contributed by atoms with Gasteiger partial charge < -0.3 is 10.1 Å². The molecule has 29 heavy (non-hydrogen) atoms. The number of hydrogen-bond acceptors (Lipinski definition) is 4. The van der Waals surface area contributed by atoms with Crippen LogP contribution in [0.25, 0.3) is 10.1 Å². The smallest absolute Gasteiger partial charge is 0.262 e. The Hall–Kier alpha value is -2.08. The lowest BCUT2D eigenvalue weighted by atomic mass is 10.0. The molecular weight excluding hydrogens is 404 g/mol. The molecule has 1 atom stereocenters. The molecule has 4 rings (SSSR count). The van der Waals surface area contributed by atoms with Gasteiger partial charge in [0.2, 0.25) is 0 Å². The number of nitrogens with one attached hydrogen (secondary N) is 1. The van der Waals surface area contributed by atoms with Crippen LogP contribution in [0.15, 0.2) is 48.5 Å². The Kier molecular flexibility index (Phi) is 6.38. The SMILES string of the molecule is COc1ccc(C(CNC(=O)c2sc3ccccc3c2Cl)N2CCCCC2)cc1. The van der Waals surface area contributed by atoms with Crippen molar-refractivity contribution in [2.45, 2.75) is 25.3 Å². The van der Waals surface area contributed by atoms with E-state index in [4.69, 9.17) is 16.3 Å². The molecule has 0 bridgehead atoms. The van der Waals surface area contributed by atoms with Crippen LogP contribution in [0.3, 0.4) is 0 Å². The molecule has 4 nitrogen and oxygen atoms in total. The molecule has 1 saturated heterocycles. The van der Waals surface area contributed by atoms with Crippen molar-refractivity contribution in [3.63, 3.8) is 0 Å². The van der Waals surface area contributed by atoms with E-state index < -0.39 is 0 Å². The van der Waals surface area contributed by atoms with E-state index in [0.717, 1.165) is 28.9 Å². The van der Waals surface area contributed by atoms with Gasteiger partial charge in [-0.05, 0) is 49.7 Å². The standard InChI is InChI=1S/C23H25ClN2O2S/c1-28-17-11-9-16(10-12-17)19(26-13-5-2-6-14-26)15-25-23(27)22-21(24)18-7-3-4-8-20(18)29-22/h3-4,7-12,19H,2,5-6,13-15H2,1H3,(H,25,27). The number of methoxy groups -OCH3 is 1. The van der Waals surface area contributed by atoms with E-state index in [2.05, 4.69) is 22.3 Å². The van der Waals surface area contributed by atoms with E-state index in [1.165, 1.54) is 36.2 Å². The maximum absolute atomic E-state index is 12.9. The highest BCUT2D eigenvalue weighted by molar-refractivity contribution is 7.21. The molecule has 152 valence electrons. The molecule has 1 fully saturated rings. The first-order chi connectivity index (χ1) is 14.2. The molecular formula is C23H25ClN2O2S. The molecule has 1 N–H and O–H groups in total. The second kappa shape index (κ2) is 9.16. The summed E-state index contributed by atoms with van der Waals surface area (Å²) in [6.45, 7) is 2.65. The number of rotatable bonds is 6. The molecule has 2 heterocycles. The van der Waals surface area contributed by atoms with Crippen molar-refractivity contribution in [1.29, 1.82) is 0 Å². The van der Waals surface area contributed by atoms with Gasteiger partial charge in [0.05, 0.1) is 18.2 Å². The number of likely N-dealkylation sites (tertiary alicyclic amines) is 1. The minimum Gasteiger partial charge on any atom is -0.497 e. The van der Waals surface area contributed by atoms with Gasteiger partial charge in [-0.15, -0.1) is 11.3 Å². The zero-order chi connectivity index (χ0) is 20.2. The van der Waals surface area contributed by atoms with Gasteiger partial charge in [-0.25, -0.2) is 0 Å². The van der Waals surface area contributed by atoms with Crippen molar-refractivity contribution in [2.75, 3.05) is 26.7 Å². The number of nitrogens with zero attached hydrogens (tertiary/aromatic N) is 1. The summed E-state index contributed by atoms with van der Waals surface area (Å²) < 4.78 is 6.33.